The largest absolute Gasteiger partial charge is 0.390 e. The summed E-state index contributed by atoms with van der Waals surface area (Å²) >= 11 is 0. The summed E-state index contributed by atoms with van der Waals surface area (Å²) in [4.78, 5) is 2.55. The molecule has 0 amide bonds. The maximum Gasteiger partial charge on any atom is 0.0791 e. The molecule has 2 rings (SSSR count). The summed E-state index contributed by atoms with van der Waals surface area (Å²) in [7, 11) is 0. The molecule has 0 spiro atoms. The van der Waals surface area contributed by atoms with Crippen LogP contribution >= 0.6 is 0 Å². The van der Waals surface area contributed by atoms with Gasteiger partial charge in [-0.25, -0.2) is 0 Å². The van der Waals surface area contributed by atoms with Crippen LogP contribution in [0.1, 0.15) is 46.0 Å². The summed E-state index contributed by atoms with van der Waals surface area (Å²) in [5, 5.41) is 13.5. The summed E-state index contributed by atoms with van der Waals surface area (Å²) < 4.78 is 0. The SMILES string of the molecule is CC(C)CNCC(O)CN1CCC2CCCCC21. The first-order valence-electron chi connectivity index (χ1n) is 7.79. The predicted octanol–water partition coefficient (Wildman–Crippen LogP) is 1.86. The van der Waals surface area contributed by atoms with Crippen molar-refractivity contribution in [3.05, 3.63) is 0 Å². The number of fused-ring (bicyclic) bond motifs is 1. The van der Waals surface area contributed by atoms with E-state index in [1.54, 1.807) is 0 Å². The number of aliphatic hydroxyl groups is 1. The molecule has 0 aromatic carbocycles. The van der Waals surface area contributed by atoms with E-state index in [2.05, 4.69) is 24.1 Å². The van der Waals surface area contributed by atoms with Crippen LogP contribution in [0, 0.1) is 11.8 Å². The Balaban J connectivity index is 1.69. The highest BCUT2D eigenvalue weighted by Gasteiger charge is 2.35. The average Bonchev–Trinajstić information content (AvgIpc) is 2.72. The fourth-order valence-electron chi connectivity index (χ4n) is 3.60. The van der Waals surface area contributed by atoms with Gasteiger partial charge in [0, 0.05) is 19.1 Å². The number of hydrogen-bond donors (Lipinski definition) is 2. The lowest BCUT2D eigenvalue weighted by Crippen LogP contribution is -2.43. The second kappa shape index (κ2) is 6.88. The fourth-order valence-corrected chi connectivity index (χ4v) is 3.60. The zero-order valence-electron chi connectivity index (χ0n) is 12.1. The minimum Gasteiger partial charge on any atom is -0.390 e. The molecule has 106 valence electrons. The molecule has 1 aliphatic heterocycles. The van der Waals surface area contributed by atoms with E-state index in [1.165, 1.54) is 38.6 Å². The van der Waals surface area contributed by atoms with E-state index < -0.39 is 0 Å². The number of hydrogen-bond acceptors (Lipinski definition) is 3. The van der Waals surface area contributed by atoms with E-state index in [0.29, 0.717) is 5.92 Å². The Bertz CT molecular complexity index is 245. The van der Waals surface area contributed by atoms with Crippen LogP contribution in [0.3, 0.4) is 0 Å². The lowest BCUT2D eigenvalue weighted by atomic mass is 9.85. The van der Waals surface area contributed by atoms with E-state index in [9.17, 15) is 5.11 Å². The van der Waals surface area contributed by atoms with Crippen LogP contribution in [-0.4, -0.2) is 48.3 Å². The molecule has 0 bridgehead atoms. The number of nitrogens with one attached hydrogen (secondary N) is 1. The minimum atomic E-state index is -0.204. The zero-order chi connectivity index (χ0) is 13.0. The van der Waals surface area contributed by atoms with Crippen molar-refractivity contribution in [2.45, 2.75) is 58.1 Å². The van der Waals surface area contributed by atoms with Gasteiger partial charge in [0.1, 0.15) is 0 Å². The maximum absolute atomic E-state index is 10.1. The van der Waals surface area contributed by atoms with Gasteiger partial charge in [-0.15, -0.1) is 0 Å². The van der Waals surface area contributed by atoms with Crippen LogP contribution in [0.5, 0.6) is 0 Å². The van der Waals surface area contributed by atoms with Gasteiger partial charge < -0.3 is 10.4 Å². The van der Waals surface area contributed by atoms with Crippen LogP contribution in [0.2, 0.25) is 0 Å². The summed E-state index contributed by atoms with van der Waals surface area (Å²) in [5.41, 5.74) is 0. The Morgan fingerprint density at radius 3 is 2.72 bits per heavy atom. The second-order valence-electron chi connectivity index (χ2n) is 6.60. The molecule has 18 heavy (non-hydrogen) atoms. The van der Waals surface area contributed by atoms with Crippen molar-refractivity contribution in [3.63, 3.8) is 0 Å². The summed E-state index contributed by atoms with van der Waals surface area (Å²) in [6.45, 7) is 8.22. The normalized spacial score (nSPS) is 30.7. The van der Waals surface area contributed by atoms with Gasteiger partial charge in [-0.3, -0.25) is 4.90 Å². The first kappa shape index (κ1) is 14.3. The molecule has 2 N–H and O–H groups in total. The van der Waals surface area contributed by atoms with Crippen molar-refractivity contribution in [2.24, 2.45) is 11.8 Å². The van der Waals surface area contributed by atoms with Gasteiger partial charge in [0.2, 0.25) is 0 Å². The Hall–Kier alpha value is -0.120. The van der Waals surface area contributed by atoms with E-state index in [0.717, 1.165) is 31.6 Å². The van der Waals surface area contributed by atoms with Gasteiger partial charge >= 0.3 is 0 Å². The van der Waals surface area contributed by atoms with Crippen LogP contribution < -0.4 is 5.32 Å². The summed E-state index contributed by atoms with van der Waals surface area (Å²) in [6, 6.07) is 0.776. The highest BCUT2D eigenvalue weighted by molar-refractivity contribution is 4.90. The topological polar surface area (TPSA) is 35.5 Å². The number of nitrogens with zero attached hydrogens (tertiary/aromatic N) is 1. The number of β-amino-alcohol motifs (C(OH)–C–C–N with tert-alkyl or cyclic N) is 1. The molecule has 0 radical (unpaired) electrons. The van der Waals surface area contributed by atoms with Crippen LogP contribution in [-0.2, 0) is 0 Å². The molecule has 0 aromatic heterocycles. The molecule has 1 saturated heterocycles. The lowest BCUT2D eigenvalue weighted by Gasteiger charge is -2.32. The van der Waals surface area contributed by atoms with Crippen LogP contribution in [0.15, 0.2) is 0 Å². The van der Waals surface area contributed by atoms with E-state index in [-0.39, 0.29) is 6.10 Å². The van der Waals surface area contributed by atoms with Crippen molar-refractivity contribution >= 4 is 0 Å². The third-order valence-corrected chi connectivity index (χ3v) is 4.50. The van der Waals surface area contributed by atoms with Gasteiger partial charge in [0.25, 0.3) is 0 Å². The summed E-state index contributed by atoms with van der Waals surface area (Å²) in [6.07, 6.45) is 6.74. The van der Waals surface area contributed by atoms with Gasteiger partial charge in [-0.05, 0) is 44.2 Å². The lowest BCUT2D eigenvalue weighted by molar-refractivity contribution is 0.0883. The third kappa shape index (κ3) is 3.94. The number of rotatable bonds is 6. The Morgan fingerprint density at radius 2 is 1.94 bits per heavy atom. The third-order valence-electron chi connectivity index (χ3n) is 4.50. The Morgan fingerprint density at radius 1 is 1.17 bits per heavy atom. The Labute approximate surface area is 112 Å². The zero-order valence-corrected chi connectivity index (χ0v) is 12.1. The van der Waals surface area contributed by atoms with Gasteiger partial charge in [0.15, 0.2) is 0 Å². The standard InChI is InChI=1S/C15H30N2O/c1-12(2)9-16-10-14(18)11-17-8-7-13-5-3-4-6-15(13)17/h12-16,18H,3-11H2,1-2H3. The average molecular weight is 254 g/mol. The minimum absolute atomic E-state index is 0.204. The van der Waals surface area contributed by atoms with Gasteiger partial charge in [-0.2, -0.15) is 0 Å². The van der Waals surface area contributed by atoms with Crippen molar-refractivity contribution in [3.8, 4) is 0 Å². The first-order chi connectivity index (χ1) is 8.66. The van der Waals surface area contributed by atoms with Crippen LogP contribution in [0.25, 0.3) is 0 Å². The smallest absolute Gasteiger partial charge is 0.0791 e. The molecule has 0 aromatic rings. The van der Waals surface area contributed by atoms with Crippen molar-refractivity contribution in [2.75, 3.05) is 26.2 Å². The van der Waals surface area contributed by atoms with E-state index >= 15 is 0 Å². The van der Waals surface area contributed by atoms with E-state index in [1.807, 2.05) is 0 Å². The fraction of sp³-hybridized carbons (Fsp3) is 1.00. The highest BCUT2D eigenvalue weighted by Crippen LogP contribution is 2.35. The highest BCUT2D eigenvalue weighted by atomic mass is 16.3. The molecule has 3 atom stereocenters. The summed E-state index contributed by atoms with van der Waals surface area (Å²) in [5.74, 6) is 1.58. The maximum atomic E-state index is 10.1. The van der Waals surface area contributed by atoms with Crippen molar-refractivity contribution < 1.29 is 5.11 Å². The monoisotopic (exact) mass is 254 g/mol. The molecule has 3 nitrogen and oxygen atoms in total. The molecule has 1 heterocycles. The molecule has 2 fully saturated rings. The number of likely N-dealkylation sites (tertiary alicyclic amines) is 1. The van der Waals surface area contributed by atoms with Crippen molar-refractivity contribution in [1.82, 2.24) is 10.2 Å². The molecule has 1 saturated carbocycles. The van der Waals surface area contributed by atoms with Gasteiger partial charge in [-0.1, -0.05) is 26.7 Å². The molecule has 3 heteroatoms. The van der Waals surface area contributed by atoms with E-state index in [4.69, 9.17) is 0 Å². The molecule has 3 unspecified atom stereocenters. The molecule has 2 aliphatic rings. The van der Waals surface area contributed by atoms with Crippen LogP contribution in [0.4, 0.5) is 0 Å². The van der Waals surface area contributed by atoms with Gasteiger partial charge in [0.05, 0.1) is 6.10 Å². The first-order valence-corrected chi connectivity index (χ1v) is 7.79. The van der Waals surface area contributed by atoms with Crippen molar-refractivity contribution in [1.29, 1.82) is 0 Å². The number of aliphatic hydroxyl groups excluding tert-OH is 1. The quantitative estimate of drug-likeness (QED) is 0.759. The second-order valence-corrected chi connectivity index (χ2v) is 6.60. The molecule has 1 aliphatic carbocycles. The molecular weight excluding hydrogens is 224 g/mol. The molecular formula is C15H30N2O. The predicted molar refractivity (Wildman–Crippen MR) is 75.7 cm³/mol. The Kier molecular flexibility index (Phi) is 5.46.